The molecule has 3 nitrogen and oxygen atoms in total. The molecule has 0 amide bonds. The van der Waals surface area contributed by atoms with Crippen molar-refractivity contribution in [1.82, 2.24) is 4.90 Å². The van der Waals surface area contributed by atoms with Gasteiger partial charge >= 0.3 is 0 Å². The van der Waals surface area contributed by atoms with Crippen LogP contribution in [0.5, 0.6) is 5.75 Å². The summed E-state index contributed by atoms with van der Waals surface area (Å²) in [4.78, 5) is 14.3. The van der Waals surface area contributed by atoms with E-state index in [-0.39, 0.29) is 5.78 Å². The fourth-order valence-corrected chi connectivity index (χ4v) is 2.34. The number of ketones is 1. The molecule has 0 aliphatic carbocycles. The van der Waals surface area contributed by atoms with Gasteiger partial charge in [-0.2, -0.15) is 0 Å². The summed E-state index contributed by atoms with van der Waals surface area (Å²) in [5, 5.41) is 0. The molecule has 0 fully saturated rings. The molecule has 0 spiro atoms. The first-order valence-corrected chi connectivity index (χ1v) is 7.00. The number of hydrogen-bond donors (Lipinski definition) is 0. The number of Topliss-reactive ketones (excluding diaryl/α,β-unsaturated/α-hetero) is 1. The van der Waals surface area contributed by atoms with Crippen molar-refractivity contribution in [3.8, 4) is 5.75 Å². The van der Waals surface area contributed by atoms with Crippen molar-refractivity contribution in [1.29, 1.82) is 0 Å². The molecular weight excluding hydrogens is 294 g/mol. The van der Waals surface area contributed by atoms with Crippen molar-refractivity contribution in [2.45, 2.75) is 20.3 Å². The minimum atomic E-state index is 0.147. The largest absolute Gasteiger partial charge is 0.496 e. The number of benzene rings is 1. The van der Waals surface area contributed by atoms with Gasteiger partial charge in [-0.15, -0.1) is 0 Å². The predicted octanol–water partition coefficient (Wildman–Crippen LogP) is 3.37. The van der Waals surface area contributed by atoms with Crippen LogP contribution in [0.1, 0.15) is 30.6 Å². The zero-order chi connectivity index (χ0) is 13.5. The number of likely N-dealkylation sites (N-methyl/N-ethyl adjacent to an activating group) is 1. The van der Waals surface area contributed by atoms with E-state index in [1.54, 1.807) is 7.11 Å². The Bertz CT molecular complexity index is 407. The number of carbonyl (C=O) groups excluding carboxylic acids is 1. The number of halogens is 1. The Balaban J connectivity index is 2.74. The van der Waals surface area contributed by atoms with Gasteiger partial charge in [0.15, 0.2) is 5.78 Å². The molecule has 0 heterocycles. The second-order valence-corrected chi connectivity index (χ2v) is 5.00. The van der Waals surface area contributed by atoms with Crippen LogP contribution in [-0.2, 0) is 0 Å². The predicted molar refractivity (Wildman–Crippen MR) is 77.4 cm³/mol. The van der Waals surface area contributed by atoms with Crippen LogP contribution in [0.4, 0.5) is 0 Å². The number of carbonyl (C=O) groups is 1. The summed E-state index contributed by atoms with van der Waals surface area (Å²) >= 11 is 3.40. The van der Waals surface area contributed by atoms with Crippen molar-refractivity contribution < 1.29 is 9.53 Å². The Hall–Kier alpha value is -0.870. The molecule has 0 aliphatic heterocycles. The normalized spacial score (nSPS) is 10.7. The van der Waals surface area contributed by atoms with Gasteiger partial charge in [0.25, 0.3) is 0 Å². The lowest BCUT2D eigenvalue weighted by atomic mass is 10.1. The third kappa shape index (κ3) is 4.10. The number of hydrogen-bond acceptors (Lipinski definition) is 3. The van der Waals surface area contributed by atoms with Gasteiger partial charge in [0.1, 0.15) is 5.75 Å². The van der Waals surface area contributed by atoms with E-state index in [2.05, 4.69) is 34.7 Å². The first kappa shape index (κ1) is 15.2. The lowest BCUT2D eigenvalue weighted by molar-refractivity contribution is 0.0934. The van der Waals surface area contributed by atoms with Crippen molar-refractivity contribution in [2.75, 3.05) is 26.7 Å². The minimum Gasteiger partial charge on any atom is -0.496 e. The number of ether oxygens (including phenoxy) is 1. The summed E-state index contributed by atoms with van der Waals surface area (Å²) in [5.74, 6) is 0.890. The van der Waals surface area contributed by atoms with Crippen LogP contribution in [0.15, 0.2) is 22.7 Å². The van der Waals surface area contributed by atoms with Gasteiger partial charge in [-0.3, -0.25) is 9.69 Å². The van der Waals surface area contributed by atoms with Gasteiger partial charge in [0.2, 0.25) is 0 Å². The molecule has 1 rings (SSSR count). The molecule has 1 aromatic carbocycles. The van der Waals surface area contributed by atoms with Gasteiger partial charge < -0.3 is 4.74 Å². The quantitative estimate of drug-likeness (QED) is 0.723. The van der Waals surface area contributed by atoms with E-state index in [1.165, 1.54) is 0 Å². The second-order valence-electron chi connectivity index (χ2n) is 4.14. The molecule has 0 saturated heterocycles. The van der Waals surface area contributed by atoms with E-state index in [0.29, 0.717) is 6.54 Å². The van der Waals surface area contributed by atoms with Gasteiger partial charge in [-0.25, -0.2) is 0 Å². The molecule has 0 atom stereocenters. The van der Waals surface area contributed by atoms with Crippen molar-refractivity contribution in [2.24, 2.45) is 0 Å². The number of methoxy groups -OCH3 is 1. The molecule has 1 aromatic rings. The zero-order valence-corrected chi connectivity index (χ0v) is 12.8. The van der Waals surface area contributed by atoms with E-state index in [1.807, 2.05) is 18.2 Å². The number of nitrogens with zero attached hydrogens (tertiary/aromatic N) is 1. The third-order valence-corrected chi connectivity index (χ3v) is 3.45. The molecule has 0 aromatic heterocycles. The van der Waals surface area contributed by atoms with Gasteiger partial charge in [0, 0.05) is 5.56 Å². The van der Waals surface area contributed by atoms with Gasteiger partial charge in [-0.05, 0) is 53.6 Å². The monoisotopic (exact) mass is 313 g/mol. The molecule has 4 heteroatoms. The summed E-state index contributed by atoms with van der Waals surface area (Å²) in [6.07, 6.45) is 1.06. The molecule has 0 N–H and O–H groups in total. The maximum Gasteiger partial charge on any atom is 0.176 e. The Morgan fingerprint density at radius 3 is 2.61 bits per heavy atom. The summed E-state index contributed by atoms with van der Waals surface area (Å²) in [6, 6.07) is 5.44. The van der Waals surface area contributed by atoms with E-state index in [9.17, 15) is 4.79 Å². The average Bonchev–Trinajstić information content (AvgIpc) is 2.37. The average molecular weight is 314 g/mol. The summed E-state index contributed by atoms with van der Waals surface area (Å²) in [6.45, 7) is 6.53. The van der Waals surface area contributed by atoms with Crippen molar-refractivity contribution in [3.05, 3.63) is 28.2 Å². The maximum atomic E-state index is 12.1. The number of rotatable bonds is 7. The fourth-order valence-electron chi connectivity index (χ4n) is 1.80. The van der Waals surface area contributed by atoms with Crippen LogP contribution in [0.3, 0.4) is 0 Å². The lowest BCUT2D eigenvalue weighted by Gasteiger charge is -2.18. The molecular formula is C14H20BrNO2. The Morgan fingerprint density at radius 1 is 1.39 bits per heavy atom. The lowest BCUT2D eigenvalue weighted by Crippen LogP contribution is -2.30. The molecule has 100 valence electrons. The first-order chi connectivity index (χ1) is 8.62. The summed E-state index contributed by atoms with van der Waals surface area (Å²) < 4.78 is 5.97. The zero-order valence-electron chi connectivity index (χ0n) is 11.2. The maximum absolute atomic E-state index is 12.1. The molecule has 18 heavy (non-hydrogen) atoms. The molecule has 0 saturated carbocycles. The van der Waals surface area contributed by atoms with E-state index in [0.717, 1.165) is 35.3 Å². The Morgan fingerprint density at radius 2 is 2.11 bits per heavy atom. The highest BCUT2D eigenvalue weighted by molar-refractivity contribution is 9.10. The van der Waals surface area contributed by atoms with Crippen LogP contribution in [0.2, 0.25) is 0 Å². The van der Waals surface area contributed by atoms with Crippen molar-refractivity contribution in [3.63, 3.8) is 0 Å². The second kappa shape index (κ2) is 7.54. The molecule has 0 unspecified atom stereocenters. The van der Waals surface area contributed by atoms with Gasteiger partial charge in [0.05, 0.1) is 18.1 Å². The highest BCUT2D eigenvalue weighted by Gasteiger charge is 2.12. The van der Waals surface area contributed by atoms with Gasteiger partial charge in [-0.1, -0.05) is 13.8 Å². The highest BCUT2D eigenvalue weighted by atomic mass is 79.9. The molecule has 0 radical (unpaired) electrons. The van der Waals surface area contributed by atoms with Crippen LogP contribution in [0.25, 0.3) is 0 Å². The Kier molecular flexibility index (Phi) is 6.36. The standard InChI is InChI=1S/C14H20BrNO2/c1-4-8-16(5-2)10-13(17)11-6-7-14(18-3)12(15)9-11/h6-7,9H,4-5,8,10H2,1-3H3. The topological polar surface area (TPSA) is 29.5 Å². The van der Waals surface area contributed by atoms with Crippen LogP contribution in [0, 0.1) is 0 Å². The van der Waals surface area contributed by atoms with E-state index in [4.69, 9.17) is 4.74 Å². The fraction of sp³-hybridized carbons (Fsp3) is 0.500. The van der Waals surface area contributed by atoms with E-state index >= 15 is 0 Å². The van der Waals surface area contributed by atoms with Crippen LogP contribution < -0.4 is 4.74 Å². The summed E-state index contributed by atoms with van der Waals surface area (Å²) in [5.41, 5.74) is 0.720. The Labute approximate surface area is 117 Å². The van der Waals surface area contributed by atoms with E-state index < -0.39 is 0 Å². The third-order valence-electron chi connectivity index (χ3n) is 2.83. The SMILES string of the molecule is CCCN(CC)CC(=O)c1ccc(OC)c(Br)c1. The smallest absolute Gasteiger partial charge is 0.176 e. The highest BCUT2D eigenvalue weighted by Crippen LogP contribution is 2.25. The molecule has 0 bridgehead atoms. The first-order valence-electron chi connectivity index (χ1n) is 6.21. The van der Waals surface area contributed by atoms with Crippen molar-refractivity contribution >= 4 is 21.7 Å². The minimum absolute atomic E-state index is 0.147. The summed E-state index contributed by atoms with van der Waals surface area (Å²) in [7, 11) is 1.61. The van der Waals surface area contributed by atoms with Crippen LogP contribution in [-0.4, -0.2) is 37.4 Å². The van der Waals surface area contributed by atoms with Crippen LogP contribution >= 0.6 is 15.9 Å². The molecule has 0 aliphatic rings.